The third kappa shape index (κ3) is 1.79. The van der Waals surface area contributed by atoms with Crippen molar-refractivity contribution in [1.82, 2.24) is 9.55 Å². The first-order chi connectivity index (χ1) is 9.19. The summed E-state index contributed by atoms with van der Waals surface area (Å²) in [5.41, 5.74) is 1.60. The van der Waals surface area contributed by atoms with Gasteiger partial charge in [-0.3, -0.25) is 4.57 Å². The Balaban J connectivity index is 2.36. The fourth-order valence-corrected chi connectivity index (χ4v) is 2.05. The molecule has 0 aliphatic carbocycles. The maximum absolute atomic E-state index is 13.3. The highest BCUT2D eigenvalue weighted by Gasteiger charge is 2.09. The topological polar surface area (TPSA) is 61.6 Å². The van der Waals surface area contributed by atoms with Crippen LogP contribution in [0.5, 0.6) is 0 Å². The molecule has 0 fully saturated rings. The SMILES string of the molecule is N#Cc1cccc(-n2c(=O)[nH]c3ccc(F)cc32)c1. The lowest BCUT2D eigenvalue weighted by atomic mass is 10.2. The third-order valence-corrected chi connectivity index (χ3v) is 2.88. The predicted octanol–water partition coefficient (Wildman–Crippen LogP) is 2.33. The molecule has 0 bridgehead atoms. The van der Waals surface area contributed by atoms with Crippen molar-refractivity contribution in [1.29, 1.82) is 5.26 Å². The van der Waals surface area contributed by atoms with Gasteiger partial charge in [0, 0.05) is 6.07 Å². The summed E-state index contributed by atoms with van der Waals surface area (Å²) in [4.78, 5) is 14.6. The lowest BCUT2D eigenvalue weighted by molar-refractivity contribution is 0.629. The van der Waals surface area contributed by atoms with E-state index in [-0.39, 0.29) is 5.69 Å². The second kappa shape index (κ2) is 4.10. The van der Waals surface area contributed by atoms with Crippen molar-refractivity contribution in [3.05, 3.63) is 64.3 Å². The third-order valence-electron chi connectivity index (χ3n) is 2.88. The minimum absolute atomic E-state index is 0.365. The van der Waals surface area contributed by atoms with E-state index in [0.717, 1.165) is 0 Å². The number of rotatable bonds is 1. The van der Waals surface area contributed by atoms with Gasteiger partial charge in [0.1, 0.15) is 5.82 Å². The zero-order valence-corrected chi connectivity index (χ0v) is 9.72. The maximum Gasteiger partial charge on any atom is 0.331 e. The minimum Gasteiger partial charge on any atom is -0.305 e. The molecule has 1 aromatic heterocycles. The number of fused-ring (bicyclic) bond motifs is 1. The number of nitrogens with zero attached hydrogens (tertiary/aromatic N) is 2. The van der Waals surface area contributed by atoms with Gasteiger partial charge in [0.25, 0.3) is 0 Å². The number of hydrogen-bond donors (Lipinski definition) is 1. The first-order valence-corrected chi connectivity index (χ1v) is 5.60. The van der Waals surface area contributed by atoms with E-state index in [4.69, 9.17) is 5.26 Å². The fourth-order valence-electron chi connectivity index (χ4n) is 2.05. The Labute approximate surface area is 107 Å². The highest BCUT2D eigenvalue weighted by molar-refractivity contribution is 5.77. The van der Waals surface area contributed by atoms with Crippen molar-refractivity contribution >= 4 is 11.0 Å². The van der Waals surface area contributed by atoms with Crippen molar-refractivity contribution in [3.63, 3.8) is 0 Å². The predicted molar refractivity (Wildman–Crippen MR) is 68.6 cm³/mol. The van der Waals surface area contributed by atoms with Crippen LogP contribution in [-0.4, -0.2) is 9.55 Å². The lowest BCUT2D eigenvalue weighted by Crippen LogP contribution is -2.14. The van der Waals surface area contributed by atoms with Crippen LogP contribution in [0.3, 0.4) is 0 Å². The Kier molecular flexibility index (Phi) is 2.43. The molecule has 5 heteroatoms. The van der Waals surface area contributed by atoms with E-state index >= 15 is 0 Å². The molecule has 0 saturated heterocycles. The maximum atomic E-state index is 13.3. The molecule has 19 heavy (non-hydrogen) atoms. The number of aromatic nitrogens is 2. The molecular formula is C14H8FN3O. The number of H-pyrrole nitrogens is 1. The Hall–Kier alpha value is -2.87. The molecule has 1 heterocycles. The van der Waals surface area contributed by atoms with E-state index in [1.165, 1.54) is 22.8 Å². The van der Waals surface area contributed by atoms with Crippen molar-refractivity contribution in [2.24, 2.45) is 0 Å². The largest absolute Gasteiger partial charge is 0.331 e. The highest BCUT2D eigenvalue weighted by atomic mass is 19.1. The summed E-state index contributed by atoms with van der Waals surface area (Å²) in [5, 5.41) is 8.88. The molecule has 2 aromatic carbocycles. The zero-order chi connectivity index (χ0) is 13.4. The number of benzene rings is 2. The van der Waals surface area contributed by atoms with Gasteiger partial charge in [-0.25, -0.2) is 9.18 Å². The first-order valence-electron chi connectivity index (χ1n) is 5.60. The summed E-state index contributed by atoms with van der Waals surface area (Å²) in [6, 6.07) is 12.7. The van der Waals surface area contributed by atoms with E-state index < -0.39 is 5.82 Å². The molecule has 0 spiro atoms. The Morgan fingerprint density at radius 1 is 1.21 bits per heavy atom. The van der Waals surface area contributed by atoms with Gasteiger partial charge in [-0.2, -0.15) is 5.26 Å². The Morgan fingerprint density at radius 2 is 2.05 bits per heavy atom. The van der Waals surface area contributed by atoms with Gasteiger partial charge in [0.05, 0.1) is 28.4 Å². The molecular weight excluding hydrogens is 245 g/mol. The van der Waals surface area contributed by atoms with E-state index in [9.17, 15) is 9.18 Å². The summed E-state index contributed by atoms with van der Waals surface area (Å²) in [6.45, 7) is 0. The van der Waals surface area contributed by atoms with Gasteiger partial charge in [-0.1, -0.05) is 6.07 Å². The van der Waals surface area contributed by atoms with Crippen molar-refractivity contribution in [3.8, 4) is 11.8 Å². The smallest absolute Gasteiger partial charge is 0.305 e. The molecule has 4 nitrogen and oxygen atoms in total. The van der Waals surface area contributed by atoms with Crippen LogP contribution < -0.4 is 5.69 Å². The van der Waals surface area contributed by atoms with E-state index in [1.54, 1.807) is 24.3 Å². The Morgan fingerprint density at radius 3 is 2.84 bits per heavy atom. The molecule has 92 valence electrons. The van der Waals surface area contributed by atoms with Crippen LogP contribution in [0, 0.1) is 17.1 Å². The van der Waals surface area contributed by atoms with E-state index in [2.05, 4.69) is 4.98 Å². The molecule has 0 aliphatic rings. The normalized spacial score (nSPS) is 10.5. The highest BCUT2D eigenvalue weighted by Crippen LogP contribution is 2.17. The average molecular weight is 253 g/mol. The standard InChI is InChI=1S/C14H8FN3O/c15-10-4-5-12-13(7-10)18(14(19)17-12)11-3-1-2-9(6-11)8-16/h1-7H,(H,17,19). The number of nitriles is 1. The summed E-state index contributed by atoms with van der Waals surface area (Å²) in [7, 11) is 0. The summed E-state index contributed by atoms with van der Waals surface area (Å²) in [5.74, 6) is -0.420. The number of imidazole rings is 1. The quantitative estimate of drug-likeness (QED) is 0.723. The molecule has 0 amide bonds. The number of aromatic amines is 1. The molecule has 0 atom stereocenters. The van der Waals surface area contributed by atoms with E-state index in [1.807, 2.05) is 6.07 Å². The molecule has 0 unspecified atom stereocenters. The summed E-state index contributed by atoms with van der Waals surface area (Å²) < 4.78 is 14.7. The zero-order valence-electron chi connectivity index (χ0n) is 9.72. The van der Waals surface area contributed by atoms with Gasteiger partial charge < -0.3 is 4.98 Å². The Bertz CT molecular complexity index is 870. The molecule has 3 rings (SSSR count). The van der Waals surface area contributed by atoms with Crippen LogP contribution in [0.4, 0.5) is 4.39 Å². The van der Waals surface area contributed by atoms with Crippen LogP contribution in [-0.2, 0) is 0 Å². The van der Waals surface area contributed by atoms with Crippen molar-refractivity contribution in [2.45, 2.75) is 0 Å². The second-order valence-electron chi connectivity index (χ2n) is 4.09. The number of halogens is 1. The van der Waals surface area contributed by atoms with Crippen LogP contribution >= 0.6 is 0 Å². The molecule has 0 radical (unpaired) electrons. The fraction of sp³-hybridized carbons (Fsp3) is 0. The summed E-state index contributed by atoms with van der Waals surface area (Å²) >= 11 is 0. The van der Waals surface area contributed by atoms with Gasteiger partial charge in [-0.15, -0.1) is 0 Å². The van der Waals surface area contributed by atoms with Crippen LogP contribution in [0.15, 0.2) is 47.3 Å². The van der Waals surface area contributed by atoms with Gasteiger partial charge in [-0.05, 0) is 30.3 Å². The number of hydrogen-bond acceptors (Lipinski definition) is 2. The first kappa shape index (κ1) is 11.2. The van der Waals surface area contributed by atoms with Crippen LogP contribution in [0.2, 0.25) is 0 Å². The minimum atomic E-state index is -0.420. The molecule has 0 aliphatic heterocycles. The lowest BCUT2D eigenvalue weighted by Gasteiger charge is -2.03. The van der Waals surface area contributed by atoms with Gasteiger partial charge >= 0.3 is 5.69 Å². The monoisotopic (exact) mass is 253 g/mol. The van der Waals surface area contributed by atoms with E-state index in [0.29, 0.717) is 22.3 Å². The van der Waals surface area contributed by atoms with Crippen LogP contribution in [0.25, 0.3) is 16.7 Å². The summed E-state index contributed by atoms with van der Waals surface area (Å²) in [6.07, 6.45) is 0. The van der Waals surface area contributed by atoms with Gasteiger partial charge in [0.2, 0.25) is 0 Å². The van der Waals surface area contributed by atoms with Crippen LogP contribution in [0.1, 0.15) is 5.56 Å². The second-order valence-corrected chi connectivity index (χ2v) is 4.09. The molecule has 0 saturated carbocycles. The van der Waals surface area contributed by atoms with Gasteiger partial charge in [0.15, 0.2) is 0 Å². The molecule has 3 aromatic rings. The number of nitrogens with one attached hydrogen (secondary N) is 1. The van der Waals surface area contributed by atoms with Crippen molar-refractivity contribution < 1.29 is 4.39 Å². The average Bonchev–Trinajstić information content (AvgIpc) is 2.74. The van der Waals surface area contributed by atoms with Crippen molar-refractivity contribution in [2.75, 3.05) is 0 Å². The molecule has 1 N–H and O–H groups in total.